The lowest BCUT2D eigenvalue weighted by molar-refractivity contribution is 0.714. The second-order valence-electron chi connectivity index (χ2n) is 5.27. The van der Waals surface area contributed by atoms with E-state index in [0.717, 1.165) is 31.6 Å². The Balaban J connectivity index is 2.13. The van der Waals surface area contributed by atoms with Crippen molar-refractivity contribution in [1.29, 1.82) is 0 Å². The third kappa shape index (κ3) is 2.80. The van der Waals surface area contributed by atoms with Crippen LogP contribution < -0.4 is 5.56 Å². The van der Waals surface area contributed by atoms with Gasteiger partial charge in [0.1, 0.15) is 4.83 Å². The van der Waals surface area contributed by atoms with Crippen molar-refractivity contribution < 1.29 is 0 Å². The molecule has 21 heavy (non-hydrogen) atoms. The first-order chi connectivity index (χ1) is 10.1. The molecule has 0 spiro atoms. The van der Waals surface area contributed by atoms with Crippen molar-refractivity contribution in [1.82, 2.24) is 9.55 Å². The highest BCUT2D eigenvalue weighted by Gasteiger charge is 2.16. The van der Waals surface area contributed by atoms with Gasteiger partial charge in [-0.05, 0) is 17.4 Å². The maximum absolute atomic E-state index is 12.7. The smallest absolute Gasteiger partial charge is 0.263 e. The van der Waals surface area contributed by atoms with E-state index in [2.05, 4.69) is 18.8 Å². The van der Waals surface area contributed by atoms with Gasteiger partial charge >= 0.3 is 0 Å². The number of hydrogen-bond donors (Lipinski definition) is 0. The van der Waals surface area contributed by atoms with Crippen LogP contribution >= 0.6 is 34.4 Å². The lowest BCUT2D eigenvalue weighted by Gasteiger charge is -2.08. The number of rotatable bonds is 4. The van der Waals surface area contributed by atoms with E-state index in [1.807, 2.05) is 29.9 Å². The molecule has 3 aromatic heterocycles. The second kappa shape index (κ2) is 5.94. The van der Waals surface area contributed by atoms with Crippen molar-refractivity contribution in [3.63, 3.8) is 0 Å². The molecule has 3 aromatic rings. The van der Waals surface area contributed by atoms with Gasteiger partial charge in [-0.1, -0.05) is 31.7 Å². The largest absolute Gasteiger partial charge is 0.290 e. The summed E-state index contributed by atoms with van der Waals surface area (Å²) in [5, 5.41) is 5.63. The molecule has 0 unspecified atom stereocenters. The van der Waals surface area contributed by atoms with Gasteiger partial charge in [-0.3, -0.25) is 9.36 Å². The normalized spacial score (nSPS) is 11.6. The first-order valence-electron chi connectivity index (χ1n) is 6.73. The standard InChI is InChI=1S/C15H16N2OS3/c1-9(2)7-21-15-16-13-12(14(18)17(15)3)10(8-20-13)11-5-4-6-19-11/h4-6,8-9H,7H2,1-3H3. The molecule has 0 aliphatic carbocycles. The van der Waals surface area contributed by atoms with Crippen molar-refractivity contribution in [3.8, 4) is 10.4 Å². The van der Waals surface area contributed by atoms with Gasteiger partial charge in [-0.2, -0.15) is 0 Å². The number of thiophene rings is 2. The van der Waals surface area contributed by atoms with Crippen molar-refractivity contribution in [2.75, 3.05) is 5.75 Å². The van der Waals surface area contributed by atoms with Crippen LogP contribution in [0.2, 0.25) is 0 Å². The summed E-state index contributed by atoms with van der Waals surface area (Å²) in [4.78, 5) is 19.3. The molecule has 0 amide bonds. The first-order valence-corrected chi connectivity index (χ1v) is 9.47. The number of nitrogens with zero attached hydrogens (tertiary/aromatic N) is 2. The molecule has 6 heteroatoms. The lowest BCUT2D eigenvalue weighted by Crippen LogP contribution is -2.20. The summed E-state index contributed by atoms with van der Waals surface area (Å²) in [6, 6.07) is 4.06. The van der Waals surface area contributed by atoms with Crippen LogP contribution in [0, 0.1) is 5.92 Å². The first kappa shape index (κ1) is 14.8. The molecule has 0 saturated heterocycles. The van der Waals surface area contributed by atoms with Gasteiger partial charge in [0.25, 0.3) is 5.56 Å². The fourth-order valence-electron chi connectivity index (χ4n) is 2.04. The minimum absolute atomic E-state index is 0.0518. The highest BCUT2D eigenvalue weighted by molar-refractivity contribution is 7.99. The SMILES string of the molecule is CC(C)CSc1nc2scc(-c3cccs3)c2c(=O)n1C. The highest BCUT2D eigenvalue weighted by Crippen LogP contribution is 2.34. The van der Waals surface area contributed by atoms with E-state index in [9.17, 15) is 4.79 Å². The minimum Gasteiger partial charge on any atom is -0.290 e. The Morgan fingerprint density at radius 2 is 2.19 bits per heavy atom. The molecule has 3 heterocycles. The van der Waals surface area contributed by atoms with E-state index < -0.39 is 0 Å². The van der Waals surface area contributed by atoms with Crippen LogP contribution in [0.5, 0.6) is 0 Å². The summed E-state index contributed by atoms with van der Waals surface area (Å²) >= 11 is 4.86. The molecule has 0 aliphatic rings. The van der Waals surface area contributed by atoms with Crippen LogP contribution in [0.3, 0.4) is 0 Å². The molecular weight excluding hydrogens is 320 g/mol. The van der Waals surface area contributed by atoms with Crippen molar-refractivity contribution in [2.45, 2.75) is 19.0 Å². The average molecular weight is 337 g/mol. The molecule has 3 rings (SSSR count). The predicted octanol–water partition coefficient (Wildman–Crippen LogP) is 4.47. The van der Waals surface area contributed by atoms with Crippen LogP contribution in [0.15, 0.2) is 32.8 Å². The Labute approximate surface area is 135 Å². The monoisotopic (exact) mass is 336 g/mol. The molecule has 0 N–H and O–H groups in total. The number of hydrogen-bond acceptors (Lipinski definition) is 5. The Morgan fingerprint density at radius 3 is 2.86 bits per heavy atom. The average Bonchev–Trinajstić information content (AvgIpc) is 3.09. The number of thioether (sulfide) groups is 1. The van der Waals surface area contributed by atoms with E-state index in [0.29, 0.717) is 5.92 Å². The Morgan fingerprint density at radius 1 is 1.38 bits per heavy atom. The summed E-state index contributed by atoms with van der Waals surface area (Å²) in [7, 11) is 1.81. The molecule has 0 atom stereocenters. The van der Waals surface area contributed by atoms with E-state index in [1.165, 1.54) is 0 Å². The van der Waals surface area contributed by atoms with E-state index >= 15 is 0 Å². The van der Waals surface area contributed by atoms with Crippen molar-refractivity contribution in [3.05, 3.63) is 33.2 Å². The zero-order valence-electron chi connectivity index (χ0n) is 12.1. The number of aromatic nitrogens is 2. The molecule has 0 fully saturated rings. The van der Waals surface area contributed by atoms with Crippen LogP contribution in [0.25, 0.3) is 20.7 Å². The second-order valence-corrected chi connectivity index (χ2v) is 8.06. The summed E-state index contributed by atoms with van der Waals surface area (Å²) < 4.78 is 1.68. The summed E-state index contributed by atoms with van der Waals surface area (Å²) in [5.74, 6) is 1.54. The minimum atomic E-state index is 0.0518. The predicted molar refractivity (Wildman–Crippen MR) is 93.7 cm³/mol. The Hall–Kier alpha value is -1.11. The van der Waals surface area contributed by atoms with Gasteiger partial charge in [0.15, 0.2) is 5.16 Å². The third-order valence-corrected chi connectivity index (χ3v) is 6.34. The van der Waals surface area contributed by atoms with E-state index in [4.69, 9.17) is 0 Å². The van der Waals surface area contributed by atoms with Crippen LogP contribution in [-0.2, 0) is 7.05 Å². The fraction of sp³-hybridized carbons (Fsp3) is 0.333. The van der Waals surface area contributed by atoms with E-state index in [-0.39, 0.29) is 5.56 Å². The van der Waals surface area contributed by atoms with Gasteiger partial charge < -0.3 is 0 Å². The summed E-state index contributed by atoms with van der Waals surface area (Å²) in [6.07, 6.45) is 0. The Kier molecular flexibility index (Phi) is 4.19. The zero-order chi connectivity index (χ0) is 15.0. The van der Waals surface area contributed by atoms with Gasteiger partial charge in [-0.15, -0.1) is 22.7 Å². The molecule has 3 nitrogen and oxygen atoms in total. The highest BCUT2D eigenvalue weighted by atomic mass is 32.2. The maximum Gasteiger partial charge on any atom is 0.263 e. The van der Waals surface area contributed by atoms with Gasteiger partial charge in [0, 0.05) is 28.6 Å². The van der Waals surface area contributed by atoms with Crippen molar-refractivity contribution in [2.24, 2.45) is 13.0 Å². The third-order valence-electron chi connectivity index (χ3n) is 3.11. The molecule has 0 aliphatic heterocycles. The van der Waals surface area contributed by atoms with Crippen LogP contribution in [0.1, 0.15) is 13.8 Å². The summed E-state index contributed by atoms with van der Waals surface area (Å²) in [6.45, 7) is 4.34. The number of fused-ring (bicyclic) bond motifs is 1. The maximum atomic E-state index is 12.7. The molecular formula is C15H16N2OS3. The molecule has 0 saturated carbocycles. The van der Waals surface area contributed by atoms with E-state index in [1.54, 1.807) is 39.0 Å². The Bertz CT molecular complexity index is 815. The van der Waals surface area contributed by atoms with Crippen LogP contribution in [0.4, 0.5) is 0 Å². The fourth-order valence-corrected chi connectivity index (χ4v) is 4.76. The van der Waals surface area contributed by atoms with Crippen molar-refractivity contribution >= 4 is 44.7 Å². The van der Waals surface area contributed by atoms with Gasteiger partial charge in [0.2, 0.25) is 0 Å². The van der Waals surface area contributed by atoms with Crippen LogP contribution in [-0.4, -0.2) is 15.3 Å². The zero-order valence-corrected chi connectivity index (χ0v) is 14.6. The quantitative estimate of drug-likeness (QED) is 0.521. The summed E-state index contributed by atoms with van der Waals surface area (Å²) in [5.41, 5.74) is 1.06. The van der Waals surface area contributed by atoms with Gasteiger partial charge in [-0.25, -0.2) is 4.98 Å². The molecule has 0 aromatic carbocycles. The molecule has 0 bridgehead atoms. The lowest BCUT2D eigenvalue weighted by atomic mass is 10.2. The topological polar surface area (TPSA) is 34.9 Å². The molecule has 110 valence electrons. The van der Waals surface area contributed by atoms with Gasteiger partial charge in [0.05, 0.1) is 5.39 Å². The molecule has 0 radical (unpaired) electrons.